The molecule has 1 aromatic carbocycles. The SMILES string of the molecule is CC(C)(C)C(NC1CCNC1)c1ccccc1. The first-order chi connectivity index (χ1) is 8.07. The van der Waals surface area contributed by atoms with Crippen LogP contribution in [0, 0.1) is 5.41 Å². The Morgan fingerprint density at radius 1 is 1.24 bits per heavy atom. The van der Waals surface area contributed by atoms with E-state index in [4.69, 9.17) is 0 Å². The maximum atomic E-state index is 3.81. The van der Waals surface area contributed by atoms with Gasteiger partial charge in [0.1, 0.15) is 0 Å². The van der Waals surface area contributed by atoms with Gasteiger partial charge in [-0.05, 0) is 23.9 Å². The number of benzene rings is 1. The normalized spacial score (nSPS) is 22.6. The van der Waals surface area contributed by atoms with Gasteiger partial charge in [0.2, 0.25) is 0 Å². The van der Waals surface area contributed by atoms with Crippen LogP contribution in [-0.4, -0.2) is 19.1 Å². The second-order valence-electron chi connectivity index (χ2n) is 6.07. The smallest absolute Gasteiger partial charge is 0.0371 e. The predicted octanol–water partition coefficient (Wildman–Crippen LogP) is 2.73. The summed E-state index contributed by atoms with van der Waals surface area (Å²) in [5.41, 5.74) is 1.64. The summed E-state index contributed by atoms with van der Waals surface area (Å²) in [5, 5.41) is 7.23. The van der Waals surface area contributed by atoms with Gasteiger partial charge in [-0.2, -0.15) is 0 Å². The zero-order valence-corrected chi connectivity index (χ0v) is 11.2. The summed E-state index contributed by atoms with van der Waals surface area (Å²) in [6, 6.07) is 11.8. The van der Waals surface area contributed by atoms with Gasteiger partial charge in [0.05, 0.1) is 0 Å². The molecule has 2 rings (SSSR count). The van der Waals surface area contributed by atoms with Crippen LogP contribution in [0.1, 0.15) is 38.8 Å². The van der Waals surface area contributed by atoms with Gasteiger partial charge in [0, 0.05) is 18.6 Å². The van der Waals surface area contributed by atoms with Gasteiger partial charge in [-0.3, -0.25) is 0 Å². The van der Waals surface area contributed by atoms with Crippen LogP contribution in [0.3, 0.4) is 0 Å². The Hall–Kier alpha value is -0.860. The minimum Gasteiger partial charge on any atom is -0.315 e. The van der Waals surface area contributed by atoms with Crippen molar-refractivity contribution in [2.24, 2.45) is 5.41 Å². The molecule has 1 saturated heterocycles. The van der Waals surface area contributed by atoms with Gasteiger partial charge in [0.15, 0.2) is 0 Å². The third-order valence-corrected chi connectivity index (χ3v) is 3.46. The molecule has 0 amide bonds. The van der Waals surface area contributed by atoms with Crippen LogP contribution in [0.2, 0.25) is 0 Å². The third kappa shape index (κ3) is 3.30. The molecule has 2 unspecified atom stereocenters. The fraction of sp³-hybridized carbons (Fsp3) is 0.600. The lowest BCUT2D eigenvalue weighted by atomic mass is 9.82. The molecule has 0 radical (unpaired) electrons. The lowest BCUT2D eigenvalue weighted by Gasteiger charge is -2.34. The van der Waals surface area contributed by atoms with Crippen LogP contribution >= 0.6 is 0 Å². The standard InChI is InChI=1S/C15H24N2/c1-15(2,3)14(12-7-5-4-6-8-12)17-13-9-10-16-11-13/h4-8,13-14,16-17H,9-11H2,1-3H3. The first-order valence-corrected chi connectivity index (χ1v) is 6.59. The van der Waals surface area contributed by atoms with E-state index in [0.717, 1.165) is 13.1 Å². The predicted molar refractivity (Wildman–Crippen MR) is 73.0 cm³/mol. The summed E-state index contributed by atoms with van der Waals surface area (Å²) < 4.78 is 0. The van der Waals surface area contributed by atoms with Crippen LogP contribution in [0.5, 0.6) is 0 Å². The average Bonchev–Trinajstić information content (AvgIpc) is 2.78. The summed E-state index contributed by atoms with van der Waals surface area (Å²) in [4.78, 5) is 0. The lowest BCUT2D eigenvalue weighted by molar-refractivity contribution is 0.253. The highest BCUT2D eigenvalue weighted by atomic mass is 15.1. The van der Waals surface area contributed by atoms with Crippen LogP contribution in [0.25, 0.3) is 0 Å². The molecule has 1 fully saturated rings. The van der Waals surface area contributed by atoms with Gasteiger partial charge in [-0.1, -0.05) is 51.1 Å². The summed E-state index contributed by atoms with van der Waals surface area (Å²) in [6.45, 7) is 9.16. The largest absolute Gasteiger partial charge is 0.315 e. The molecule has 2 atom stereocenters. The highest BCUT2D eigenvalue weighted by Crippen LogP contribution is 2.33. The fourth-order valence-corrected chi connectivity index (χ4v) is 2.52. The summed E-state index contributed by atoms with van der Waals surface area (Å²) in [7, 11) is 0. The first-order valence-electron chi connectivity index (χ1n) is 6.59. The first kappa shape index (κ1) is 12.6. The quantitative estimate of drug-likeness (QED) is 0.837. The molecule has 0 bridgehead atoms. The van der Waals surface area contributed by atoms with Crippen molar-refractivity contribution in [1.29, 1.82) is 0 Å². The van der Waals surface area contributed by atoms with Crippen molar-refractivity contribution in [1.82, 2.24) is 10.6 Å². The van der Waals surface area contributed by atoms with Gasteiger partial charge < -0.3 is 10.6 Å². The summed E-state index contributed by atoms with van der Waals surface area (Å²) in [5.74, 6) is 0. The minimum absolute atomic E-state index is 0.240. The Balaban J connectivity index is 2.14. The molecule has 0 aliphatic carbocycles. The van der Waals surface area contributed by atoms with Crippen molar-refractivity contribution in [2.75, 3.05) is 13.1 Å². The van der Waals surface area contributed by atoms with Gasteiger partial charge in [-0.15, -0.1) is 0 Å². The van der Waals surface area contributed by atoms with Crippen molar-refractivity contribution in [2.45, 2.75) is 39.3 Å². The fourth-order valence-electron chi connectivity index (χ4n) is 2.52. The summed E-state index contributed by atoms with van der Waals surface area (Å²) in [6.07, 6.45) is 1.24. The Labute approximate surface area is 105 Å². The molecule has 0 saturated carbocycles. The van der Waals surface area contributed by atoms with Crippen LogP contribution in [0.15, 0.2) is 30.3 Å². The molecule has 0 aromatic heterocycles. The van der Waals surface area contributed by atoms with Crippen molar-refractivity contribution in [3.63, 3.8) is 0 Å². The van der Waals surface area contributed by atoms with E-state index in [1.54, 1.807) is 0 Å². The Bertz CT molecular complexity index is 334. The highest BCUT2D eigenvalue weighted by molar-refractivity contribution is 5.21. The van der Waals surface area contributed by atoms with Gasteiger partial charge in [-0.25, -0.2) is 0 Å². The van der Waals surface area contributed by atoms with Crippen molar-refractivity contribution in [3.05, 3.63) is 35.9 Å². The number of nitrogens with one attached hydrogen (secondary N) is 2. The van der Waals surface area contributed by atoms with E-state index in [9.17, 15) is 0 Å². The molecular formula is C15H24N2. The molecule has 1 aliphatic heterocycles. The molecule has 1 heterocycles. The highest BCUT2D eigenvalue weighted by Gasteiger charge is 2.29. The maximum absolute atomic E-state index is 3.81. The van der Waals surface area contributed by atoms with Crippen LogP contribution < -0.4 is 10.6 Å². The van der Waals surface area contributed by atoms with Crippen molar-refractivity contribution < 1.29 is 0 Å². The van der Waals surface area contributed by atoms with Crippen LogP contribution in [-0.2, 0) is 0 Å². The molecule has 1 aromatic rings. The van der Waals surface area contributed by atoms with Crippen molar-refractivity contribution in [3.8, 4) is 0 Å². The maximum Gasteiger partial charge on any atom is 0.0371 e. The van der Waals surface area contributed by atoms with E-state index in [0.29, 0.717) is 12.1 Å². The Kier molecular flexibility index (Phi) is 3.85. The minimum atomic E-state index is 0.240. The number of rotatable bonds is 3. The van der Waals surface area contributed by atoms with Gasteiger partial charge >= 0.3 is 0 Å². The Morgan fingerprint density at radius 2 is 1.94 bits per heavy atom. The van der Waals surface area contributed by atoms with E-state index in [2.05, 4.69) is 61.7 Å². The zero-order chi connectivity index (χ0) is 12.3. The van der Waals surface area contributed by atoms with Gasteiger partial charge in [0.25, 0.3) is 0 Å². The molecule has 1 aliphatic rings. The Morgan fingerprint density at radius 3 is 2.47 bits per heavy atom. The molecule has 0 spiro atoms. The summed E-state index contributed by atoms with van der Waals surface area (Å²) >= 11 is 0. The molecule has 2 N–H and O–H groups in total. The van der Waals surface area contributed by atoms with E-state index in [1.807, 2.05) is 0 Å². The molecule has 17 heavy (non-hydrogen) atoms. The topological polar surface area (TPSA) is 24.1 Å². The molecule has 2 heteroatoms. The van der Waals surface area contributed by atoms with E-state index < -0.39 is 0 Å². The monoisotopic (exact) mass is 232 g/mol. The van der Waals surface area contributed by atoms with E-state index in [1.165, 1.54) is 12.0 Å². The van der Waals surface area contributed by atoms with E-state index >= 15 is 0 Å². The average molecular weight is 232 g/mol. The second kappa shape index (κ2) is 5.19. The molecular weight excluding hydrogens is 208 g/mol. The zero-order valence-electron chi connectivity index (χ0n) is 11.2. The number of hydrogen-bond donors (Lipinski definition) is 2. The molecule has 94 valence electrons. The van der Waals surface area contributed by atoms with Crippen molar-refractivity contribution >= 4 is 0 Å². The third-order valence-electron chi connectivity index (χ3n) is 3.46. The van der Waals surface area contributed by atoms with E-state index in [-0.39, 0.29) is 5.41 Å². The second-order valence-corrected chi connectivity index (χ2v) is 6.07. The molecule has 2 nitrogen and oxygen atoms in total. The van der Waals surface area contributed by atoms with Crippen LogP contribution in [0.4, 0.5) is 0 Å². The number of hydrogen-bond acceptors (Lipinski definition) is 2. The lowest BCUT2D eigenvalue weighted by Crippen LogP contribution is -2.40.